The van der Waals surface area contributed by atoms with Crippen molar-refractivity contribution in [1.82, 2.24) is 0 Å². The highest BCUT2D eigenvalue weighted by Gasteiger charge is 1.97. The van der Waals surface area contributed by atoms with Crippen LogP contribution in [0, 0.1) is 0 Å². The summed E-state index contributed by atoms with van der Waals surface area (Å²) < 4.78 is 0. The molecule has 0 saturated heterocycles. The molecule has 72 valence electrons. The minimum atomic E-state index is -0.355. The fraction of sp³-hybridized carbons (Fsp3) is 0.900. The van der Waals surface area contributed by atoms with E-state index in [0.29, 0.717) is 0 Å². The summed E-state index contributed by atoms with van der Waals surface area (Å²) in [6, 6.07) is 0. The van der Waals surface area contributed by atoms with Crippen LogP contribution in [0.3, 0.4) is 0 Å². The standard InChI is InChI=1S/C10H20OS/c1-2-3-4-5-6-7-8-10(11)9-12/h9-11H,2-8H2,1H3. The zero-order valence-corrected chi connectivity index (χ0v) is 8.78. The van der Waals surface area contributed by atoms with E-state index in [2.05, 4.69) is 19.1 Å². The molecule has 2 heteroatoms. The van der Waals surface area contributed by atoms with Gasteiger partial charge in [-0.3, -0.25) is 0 Å². The molecule has 0 aliphatic carbocycles. The number of aliphatic hydroxyl groups excluding tert-OH is 1. The second-order valence-corrected chi connectivity index (χ2v) is 3.53. The lowest BCUT2D eigenvalue weighted by Crippen LogP contribution is -2.05. The highest BCUT2D eigenvalue weighted by Crippen LogP contribution is 2.07. The first-order chi connectivity index (χ1) is 5.81. The summed E-state index contributed by atoms with van der Waals surface area (Å²) in [6.07, 6.45) is 8.11. The molecular weight excluding hydrogens is 168 g/mol. The maximum Gasteiger partial charge on any atom is 0.0822 e. The van der Waals surface area contributed by atoms with E-state index in [1.807, 2.05) is 0 Å². The van der Waals surface area contributed by atoms with Gasteiger partial charge in [-0.05, 0) is 6.42 Å². The Kier molecular flexibility index (Phi) is 9.18. The zero-order chi connectivity index (χ0) is 9.23. The van der Waals surface area contributed by atoms with Crippen molar-refractivity contribution in [3.05, 3.63) is 0 Å². The van der Waals surface area contributed by atoms with Crippen LogP contribution in [-0.2, 0) is 0 Å². The molecule has 0 saturated carbocycles. The summed E-state index contributed by atoms with van der Waals surface area (Å²) >= 11 is 4.62. The molecule has 1 nitrogen and oxygen atoms in total. The third-order valence-corrected chi connectivity index (χ3v) is 2.32. The smallest absolute Gasteiger partial charge is 0.0822 e. The Hall–Kier alpha value is 0.0500. The van der Waals surface area contributed by atoms with Gasteiger partial charge in [-0.2, -0.15) is 0 Å². The second-order valence-electron chi connectivity index (χ2n) is 3.26. The van der Waals surface area contributed by atoms with Gasteiger partial charge in [0.25, 0.3) is 0 Å². The molecule has 0 radical (unpaired) electrons. The van der Waals surface area contributed by atoms with E-state index >= 15 is 0 Å². The van der Waals surface area contributed by atoms with Gasteiger partial charge in [0, 0.05) is 5.37 Å². The predicted octanol–water partition coefficient (Wildman–Crippen LogP) is 3.10. The molecule has 1 unspecified atom stereocenters. The Balaban J connectivity index is 2.95. The molecule has 0 aliphatic rings. The van der Waals surface area contributed by atoms with Crippen LogP contribution in [0.1, 0.15) is 51.9 Å². The van der Waals surface area contributed by atoms with Crippen molar-refractivity contribution in [1.29, 1.82) is 0 Å². The Morgan fingerprint density at radius 2 is 1.75 bits per heavy atom. The van der Waals surface area contributed by atoms with Crippen molar-refractivity contribution < 1.29 is 5.11 Å². The van der Waals surface area contributed by atoms with Crippen LogP contribution in [-0.4, -0.2) is 16.6 Å². The molecule has 12 heavy (non-hydrogen) atoms. The first kappa shape index (κ1) is 12.0. The van der Waals surface area contributed by atoms with Crippen LogP contribution in [0.25, 0.3) is 0 Å². The van der Waals surface area contributed by atoms with Gasteiger partial charge in [0.15, 0.2) is 0 Å². The third kappa shape index (κ3) is 8.15. The fourth-order valence-electron chi connectivity index (χ4n) is 1.20. The molecule has 0 spiro atoms. The van der Waals surface area contributed by atoms with Crippen molar-refractivity contribution in [2.45, 2.75) is 58.0 Å². The van der Waals surface area contributed by atoms with E-state index in [9.17, 15) is 0 Å². The minimum Gasteiger partial charge on any atom is -0.388 e. The minimum absolute atomic E-state index is 0.355. The number of unbranched alkanes of at least 4 members (excludes halogenated alkanes) is 5. The number of hydrogen-bond acceptors (Lipinski definition) is 2. The Labute approximate surface area is 81.2 Å². The van der Waals surface area contributed by atoms with Gasteiger partial charge in [0.1, 0.15) is 0 Å². The van der Waals surface area contributed by atoms with E-state index in [1.54, 1.807) is 0 Å². The molecule has 1 atom stereocenters. The topological polar surface area (TPSA) is 20.2 Å². The maximum atomic E-state index is 9.10. The lowest BCUT2D eigenvalue weighted by atomic mass is 10.1. The van der Waals surface area contributed by atoms with E-state index < -0.39 is 0 Å². The summed E-state index contributed by atoms with van der Waals surface area (Å²) in [6.45, 7) is 2.22. The molecule has 0 heterocycles. The van der Waals surface area contributed by atoms with E-state index in [1.165, 1.54) is 37.5 Å². The Morgan fingerprint density at radius 1 is 1.17 bits per heavy atom. The average Bonchev–Trinajstić information content (AvgIpc) is 2.10. The maximum absolute atomic E-state index is 9.10. The van der Waals surface area contributed by atoms with Crippen molar-refractivity contribution >= 4 is 17.6 Å². The highest BCUT2D eigenvalue weighted by atomic mass is 32.1. The van der Waals surface area contributed by atoms with E-state index in [4.69, 9.17) is 5.11 Å². The Morgan fingerprint density at radius 3 is 2.33 bits per heavy atom. The summed E-state index contributed by atoms with van der Waals surface area (Å²) in [5, 5.41) is 10.6. The molecule has 0 aromatic carbocycles. The van der Waals surface area contributed by atoms with Gasteiger partial charge in [-0.25, -0.2) is 0 Å². The summed E-state index contributed by atoms with van der Waals surface area (Å²) in [7, 11) is 0. The molecular formula is C10H20OS. The molecule has 0 aliphatic heterocycles. The van der Waals surface area contributed by atoms with Gasteiger partial charge in [-0.1, -0.05) is 57.7 Å². The highest BCUT2D eigenvalue weighted by molar-refractivity contribution is 7.79. The van der Waals surface area contributed by atoms with Crippen molar-refractivity contribution in [2.24, 2.45) is 0 Å². The van der Waals surface area contributed by atoms with Gasteiger partial charge < -0.3 is 5.11 Å². The number of aliphatic hydroxyl groups is 1. The van der Waals surface area contributed by atoms with Crippen LogP contribution < -0.4 is 0 Å². The van der Waals surface area contributed by atoms with E-state index in [0.717, 1.165) is 12.8 Å². The quantitative estimate of drug-likeness (QED) is 0.466. The van der Waals surface area contributed by atoms with Gasteiger partial charge >= 0.3 is 0 Å². The molecule has 0 amide bonds. The van der Waals surface area contributed by atoms with Gasteiger partial charge in [-0.15, -0.1) is 0 Å². The van der Waals surface area contributed by atoms with Gasteiger partial charge in [0.2, 0.25) is 0 Å². The lowest BCUT2D eigenvalue weighted by molar-refractivity contribution is 0.232. The number of rotatable bonds is 8. The summed E-state index contributed by atoms with van der Waals surface area (Å²) in [4.78, 5) is 0. The number of hydrogen-bond donors (Lipinski definition) is 1. The summed E-state index contributed by atoms with van der Waals surface area (Å²) in [5.41, 5.74) is 0. The predicted molar refractivity (Wildman–Crippen MR) is 57.7 cm³/mol. The zero-order valence-electron chi connectivity index (χ0n) is 7.96. The fourth-order valence-corrected chi connectivity index (χ4v) is 1.34. The van der Waals surface area contributed by atoms with Crippen molar-refractivity contribution in [3.8, 4) is 0 Å². The largest absolute Gasteiger partial charge is 0.388 e. The van der Waals surface area contributed by atoms with Crippen LogP contribution in [0.2, 0.25) is 0 Å². The average molecular weight is 188 g/mol. The van der Waals surface area contributed by atoms with Crippen LogP contribution in [0.4, 0.5) is 0 Å². The molecule has 0 rings (SSSR count). The monoisotopic (exact) mass is 188 g/mol. The van der Waals surface area contributed by atoms with Gasteiger partial charge in [0.05, 0.1) is 6.10 Å². The first-order valence-electron chi connectivity index (χ1n) is 4.94. The first-order valence-corrected chi connectivity index (χ1v) is 5.41. The molecule has 0 aromatic rings. The molecule has 0 aromatic heterocycles. The molecule has 1 N–H and O–H groups in total. The SMILES string of the molecule is CCCCCCCCC(O)C=S. The van der Waals surface area contributed by atoms with Crippen LogP contribution >= 0.6 is 12.2 Å². The van der Waals surface area contributed by atoms with Crippen molar-refractivity contribution in [2.75, 3.05) is 0 Å². The molecule has 0 bridgehead atoms. The van der Waals surface area contributed by atoms with Crippen LogP contribution in [0.15, 0.2) is 0 Å². The second kappa shape index (κ2) is 9.14. The summed E-state index contributed by atoms with van der Waals surface area (Å²) in [5.74, 6) is 0. The van der Waals surface area contributed by atoms with Crippen molar-refractivity contribution in [3.63, 3.8) is 0 Å². The lowest BCUT2D eigenvalue weighted by Gasteiger charge is -2.03. The normalized spacial score (nSPS) is 12.8. The van der Waals surface area contributed by atoms with Crippen LogP contribution in [0.5, 0.6) is 0 Å². The van der Waals surface area contributed by atoms with E-state index in [-0.39, 0.29) is 6.10 Å². The Bertz CT molecular complexity index is 104. The third-order valence-electron chi connectivity index (χ3n) is 2.01. The molecule has 0 fully saturated rings. The number of thiocarbonyl (C=S) groups is 1.